The molecule has 1 aliphatic rings. The normalized spacial score (nSPS) is 14.5. The van der Waals surface area contributed by atoms with E-state index in [9.17, 15) is 18.0 Å². The molecule has 0 aliphatic carbocycles. The number of halogens is 3. The van der Waals surface area contributed by atoms with E-state index in [4.69, 9.17) is 20.3 Å². The summed E-state index contributed by atoms with van der Waals surface area (Å²) in [4.78, 5) is 18.8. The van der Waals surface area contributed by atoms with Gasteiger partial charge in [0.25, 0.3) is 6.43 Å². The number of alkyl halides is 2. The number of hydrogen-bond donors (Lipinski definition) is 2. The number of hydrogen-bond acceptors (Lipinski definition) is 6. The molecule has 8 nitrogen and oxygen atoms in total. The number of carboxylic acid groups (broad SMARTS) is 1. The van der Waals surface area contributed by atoms with Gasteiger partial charge in [-0.3, -0.25) is 0 Å². The van der Waals surface area contributed by atoms with E-state index in [1.165, 1.54) is 18.9 Å². The number of methoxy groups -OCH3 is 1. The van der Waals surface area contributed by atoms with Crippen LogP contribution in [0, 0.1) is 5.82 Å². The monoisotopic (exact) mass is 516 g/mol. The average molecular weight is 517 g/mol. The highest BCUT2D eigenvalue weighted by Gasteiger charge is 2.23. The highest BCUT2D eigenvalue weighted by molar-refractivity contribution is 5.75. The van der Waals surface area contributed by atoms with Crippen molar-refractivity contribution in [2.45, 2.75) is 19.5 Å². The number of ether oxygens (including phenoxy) is 2. The van der Waals surface area contributed by atoms with Crippen LogP contribution >= 0.6 is 0 Å². The van der Waals surface area contributed by atoms with Crippen LogP contribution in [-0.2, 0) is 0 Å². The Labute approximate surface area is 212 Å². The molecule has 37 heavy (non-hydrogen) atoms. The first kappa shape index (κ1) is 25.9. The van der Waals surface area contributed by atoms with Crippen molar-refractivity contribution >= 4 is 17.6 Å². The van der Waals surface area contributed by atoms with E-state index in [1.807, 2.05) is 18.2 Å². The summed E-state index contributed by atoms with van der Waals surface area (Å²) >= 11 is 0. The van der Waals surface area contributed by atoms with E-state index in [0.717, 1.165) is 23.9 Å². The quantitative estimate of drug-likeness (QED) is 0.436. The summed E-state index contributed by atoms with van der Waals surface area (Å²) in [6.45, 7) is 3.44. The number of anilines is 2. The zero-order chi connectivity index (χ0) is 26.7. The predicted octanol–water partition coefficient (Wildman–Crippen LogP) is 5.36. The first-order valence-electron chi connectivity index (χ1n) is 11.6. The summed E-state index contributed by atoms with van der Waals surface area (Å²) in [7, 11) is 1.53. The summed E-state index contributed by atoms with van der Waals surface area (Å²) in [5.74, 6) is 0.112. The van der Waals surface area contributed by atoms with Gasteiger partial charge < -0.3 is 30.1 Å². The minimum absolute atomic E-state index is 0.0183. The Bertz CT molecular complexity index is 1280. The third-order valence-corrected chi connectivity index (χ3v) is 6.32. The standard InChI is InChI=1S/C26H27F3N4O4/c1-15(21-12-17(27)3-5-20(21)24(28)29)37-23-11-16(14-31-25(23)30)19-6-4-18(13-22(19)36-2)32-7-9-33(10-8-32)26(34)35/h3-6,11-15,24H,7-10H2,1-2H3,(H2,30,31)(H,34,35). The molecule has 1 unspecified atom stereocenters. The minimum atomic E-state index is -2.79. The number of benzene rings is 2. The molecule has 3 N–H and O–H groups in total. The van der Waals surface area contributed by atoms with Gasteiger partial charge in [-0.05, 0) is 37.3 Å². The number of rotatable bonds is 7. The number of pyridine rings is 1. The summed E-state index contributed by atoms with van der Waals surface area (Å²) in [6, 6.07) is 10.3. The maximum atomic E-state index is 13.8. The van der Waals surface area contributed by atoms with Crippen molar-refractivity contribution in [2.24, 2.45) is 0 Å². The third-order valence-electron chi connectivity index (χ3n) is 6.32. The topological polar surface area (TPSA) is 101 Å². The van der Waals surface area contributed by atoms with Crippen molar-refractivity contribution in [3.05, 3.63) is 65.6 Å². The van der Waals surface area contributed by atoms with Crippen LogP contribution in [0.25, 0.3) is 11.1 Å². The zero-order valence-electron chi connectivity index (χ0n) is 20.3. The van der Waals surface area contributed by atoms with Crippen molar-refractivity contribution < 1.29 is 32.5 Å². The van der Waals surface area contributed by atoms with Gasteiger partial charge in [-0.1, -0.05) is 6.07 Å². The molecule has 0 spiro atoms. The fourth-order valence-electron chi connectivity index (χ4n) is 4.32. The minimum Gasteiger partial charge on any atom is -0.496 e. The number of carbonyl (C=O) groups is 1. The summed E-state index contributed by atoms with van der Waals surface area (Å²) in [6.07, 6.45) is -3.10. The molecule has 0 saturated carbocycles. The molecule has 1 aromatic heterocycles. The molecular formula is C26H27F3N4O4. The first-order chi connectivity index (χ1) is 17.7. The highest BCUT2D eigenvalue weighted by Crippen LogP contribution is 2.38. The predicted molar refractivity (Wildman–Crippen MR) is 133 cm³/mol. The molecule has 11 heteroatoms. The molecule has 0 bridgehead atoms. The molecule has 1 fully saturated rings. The zero-order valence-corrected chi connectivity index (χ0v) is 20.3. The van der Waals surface area contributed by atoms with Crippen LogP contribution in [-0.4, -0.2) is 54.4 Å². The number of nitrogens with two attached hydrogens (primary N) is 1. The second kappa shape index (κ2) is 10.9. The molecule has 0 radical (unpaired) electrons. The average Bonchev–Trinajstić information content (AvgIpc) is 2.89. The van der Waals surface area contributed by atoms with E-state index in [1.54, 1.807) is 12.3 Å². The van der Waals surface area contributed by atoms with Gasteiger partial charge in [-0.15, -0.1) is 0 Å². The van der Waals surface area contributed by atoms with Crippen molar-refractivity contribution in [1.29, 1.82) is 0 Å². The first-order valence-corrected chi connectivity index (χ1v) is 11.6. The Balaban J connectivity index is 1.59. The lowest BCUT2D eigenvalue weighted by Crippen LogP contribution is -2.48. The summed E-state index contributed by atoms with van der Waals surface area (Å²) < 4.78 is 52.2. The fraction of sp³-hybridized carbons (Fsp3) is 0.308. The van der Waals surface area contributed by atoms with Gasteiger partial charge >= 0.3 is 6.09 Å². The second-order valence-electron chi connectivity index (χ2n) is 8.58. The largest absolute Gasteiger partial charge is 0.496 e. The van der Waals surface area contributed by atoms with E-state index in [-0.39, 0.29) is 22.7 Å². The van der Waals surface area contributed by atoms with Crippen molar-refractivity contribution in [2.75, 3.05) is 43.9 Å². The van der Waals surface area contributed by atoms with E-state index in [0.29, 0.717) is 43.1 Å². The van der Waals surface area contributed by atoms with E-state index >= 15 is 0 Å². The third kappa shape index (κ3) is 5.65. The molecule has 2 aromatic carbocycles. The van der Waals surface area contributed by atoms with Crippen LogP contribution in [0.2, 0.25) is 0 Å². The van der Waals surface area contributed by atoms with Gasteiger partial charge in [-0.25, -0.2) is 22.9 Å². The van der Waals surface area contributed by atoms with Crippen molar-refractivity contribution in [1.82, 2.24) is 9.88 Å². The van der Waals surface area contributed by atoms with Gasteiger partial charge in [0.1, 0.15) is 17.7 Å². The van der Waals surface area contributed by atoms with Crippen LogP contribution in [0.15, 0.2) is 48.7 Å². The van der Waals surface area contributed by atoms with Crippen LogP contribution in [0.1, 0.15) is 30.6 Å². The Morgan fingerprint density at radius 1 is 1.05 bits per heavy atom. The van der Waals surface area contributed by atoms with Gasteiger partial charge in [0.05, 0.1) is 7.11 Å². The number of nitrogens with zero attached hydrogens (tertiary/aromatic N) is 3. The van der Waals surface area contributed by atoms with Gasteiger partial charge in [-0.2, -0.15) is 0 Å². The van der Waals surface area contributed by atoms with Gasteiger partial charge in [0.15, 0.2) is 11.6 Å². The van der Waals surface area contributed by atoms with Crippen LogP contribution < -0.4 is 20.1 Å². The van der Waals surface area contributed by atoms with Crippen LogP contribution in [0.5, 0.6) is 11.5 Å². The molecular weight excluding hydrogens is 489 g/mol. The number of piperazine rings is 1. The summed E-state index contributed by atoms with van der Waals surface area (Å²) in [5.41, 5.74) is 7.89. The van der Waals surface area contributed by atoms with Crippen LogP contribution in [0.4, 0.5) is 29.5 Å². The van der Waals surface area contributed by atoms with Crippen molar-refractivity contribution in [3.63, 3.8) is 0 Å². The molecule has 1 amide bonds. The second-order valence-corrected chi connectivity index (χ2v) is 8.58. The van der Waals surface area contributed by atoms with Gasteiger partial charge in [0.2, 0.25) is 0 Å². The Morgan fingerprint density at radius 2 is 1.78 bits per heavy atom. The van der Waals surface area contributed by atoms with E-state index < -0.39 is 24.4 Å². The molecule has 196 valence electrons. The SMILES string of the molecule is COc1cc(N2CCN(C(=O)O)CC2)ccc1-c1cnc(N)c(OC(C)c2cc(F)ccc2C(F)F)c1. The summed E-state index contributed by atoms with van der Waals surface area (Å²) in [5, 5.41) is 9.16. The molecule has 2 heterocycles. The molecule has 1 saturated heterocycles. The maximum Gasteiger partial charge on any atom is 0.407 e. The van der Waals surface area contributed by atoms with Crippen LogP contribution in [0.3, 0.4) is 0 Å². The number of amides is 1. The van der Waals surface area contributed by atoms with E-state index in [2.05, 4.69) is 9.88 Å². The molecule has 3 aromatic rings. The molecule has 1 aliphatic heterocycles. The molecule has 4 rings (SSSR count). The highest BCUT2D eigenvalue weighted by atomic mass is 19.3. The smallest absolute Gasteiger partial charge is 0.407 e. The Kier molecular flexibility index (Phi) is 7.61. The van der Waals surface area contributed by atoms with Gasteiger partial charge in [0, 0.05) is 66.4 Å². The number of nitrogen functional groups attached to an aromatic ring is 1. The lowest BCUT2D eigenvalue weighted by molar-refractivity contribution is 0.142. The van der Waals surface area contributed by atoms with Crippen molar-refractivity contribution in [3.8, 4) is 22.6 Å². The Hall–Kier alpha value is -4.15. The number of aromatic nitrogens is 1. The Morgan fingerprint density at radius 3 is 2.43 bits per heavy atom. The lowest BCUT2D eigenvalue weighted by atomic mass is 10.0. The fourth-order valence-corrected chi connectivity index (χ4v) is 4.32. The molecule has 1 atom stereocenters. The lowest BCUT2D eigenvalue weighted by Gasteiger charge is -2.34. The maximum absolute atomic E-state index is 13.8.